The van der Waals surface area contributed by atoms with Gasteiger partial charge in [-0.2, -0.15) is 0 Å². The molecule has 6 atom stereocenters. The molecule has 284 valence electrons. The van der Waals surface area contributed by atoms with E-state index in [9.17, 15) is 14.7 Å². The van der Waals surface area contributed by atoms with Crippen molar-refractivity contribution < 1.29 is 38.4 Å². The molecular weight excluding hydrogens is 660 g/mol. The molecule has 1 fully saturated rings. The number of esters is 2. The van der Waals surface area contributed by atoms with E-state index in [-0.39, 0.29) is 51.2 Å². The molecule has 1 aliphatic rings. The standard InChI is InChI=1S/C42H58N2O8/c1-41(2,3)51-34(46)23-22-33-38(48-27-30-16-10-7-11-17-30)36(43-24-25-45)40(50-29-32-20-14-9-15-21-32)37(44-26-35(47)52-42(4,5)6)39(33)49-28-31-18-12-8-13-19-31/h7-21,33,36-40,43-45H,22-29H2,1-6H3/t33-,36+,37-,38+,39-,40+/m1/s1. The molecule has 1 aliphatic carbocycles. The number of carbonyl (C=O) groups excluding carboxylic acids is 2. The third-order valence-electron chi connectivity index (χ3n) is 8.61. The van der Waals surface area contributed by atoms with Crippen LogP contribution in [0.5, 0.6) is 0 Å². The zero-order chi connectivity index (χ0) is 37.6. The number of ether oxygens (including phenoxy) is 5. The predicted octanol–water partition coefficient (Wildman–Crippen LogP) is 5.74. The number of hydrogen-bond donors (Lipinski definition) is 3. The maximum Gasteiger partial charge on any atom is 0.320 e. The topological polar surface area (TPSA) is 125 Å². The predicted molar refractivity (Wildman–Crippen MR) is 200 cm³/mol. The molecule has 0 bridgehead atoms. The summed E-state index contributed by atoms with van der Waals surface area (Å²) in [5.41, 5.74) is 1.63. The minimum Gasteiger partial charge on any atom is -0.460 e. The molecule has 0 aromatic heterocycles. The first-order valence-corrected chi connectivity index (χ1v) is 18.3. The van der Waals surface area contributed by atoms with Crippen LogP contribution in [0.2, 0.25) is 0 Å². The Morgan fingerprint density at radius 2 is 1.00 bits per heavy atom. The lowest BCUT2D eigenvalue weighted by molar-refractivity contribution is -0.184. The molecule has 1 saturated carbocycles. The molecule has 52 heavy (non-hydrogen) atoms. The second-order valence-electron chi connectivity index (χ2n) is 15.3. The van der Waals surface area contributed by atoms with Crippen LogP contribution in [0.15, 0.2) is 91.0 Å². The number of benzene rings is 3. The van der Waals surface area contributed by atoms with E-state index >= 15 is 0 Å². The van der Waals surface area contributed by atoms with E-state index in [0.29, 0.717) is 13.0 Å². The smallest absolute Gasteiger partial charge is 0.320 e. The Kier molecular flexibility index (Phi) is 15.8. The summed E-state index contributed by atoms with van der Waals surface area (Å²) in [5.74, 6) is -1.11. The van der Waals surface area contributed by atoms with Gasteiger partial charge in [-0.05, 0) is 64.7 Å². The SMILES string of the molecule is CC(C)(C)OC(=O)CC[C@H]1[C@@H](OCc2ccccc2)[C@@H](NCC(=O)OC(C)(C)C)[C@@H](OCc2ccccc2)[C@@H](NCCO)[C@H]1OCc1ccccc1. The second kappa shape index (κ2) is 20.0. The van der Waals surface area contributed by atoms with Crippen molar-refractivity contribution >= 4 is 11.9 Å². The van der Waals surface area contributed by atoms with Crippen molar-refractivity contribution in [3.8, 4) is 0 Å². The quantitative estimate of drug-likeness (QED) is 0.140. The van der Waals surface area contributed by atoms with Crippen LogP contribution in [-0.4, -0.2) is 78.3 Å². The van der Waals surface area contributed by atoms with Gasteiger partial charge in [-0.3, -0.25) is 14.9 Å². The monoisotopic (exact) mass is 718 g/mol. The summed E-state index contributed by atoms with van der Waals surface area (Å²) < 4.78 is 32.0. The fraction of sp³-hybridized carbons (Fsp3) is 0.524. The van der Waals surface area contributed by atoms with Crippen LogP contribution in [0, 0.1) is 5.92 Å². The van der Waals surface area contributed by atoms with Crippen LogP contribution < -0.4 is 10.6 Å². The van der Waals surface area contributed by atoms with Crippen molar-refractivity contribution in [2.24, 2.45) is 5.92 Å². The molecule has 0 amide bonds. The second-order valence-corrected chi connectivity index (χ2v) is 15.3. The Hall–Kier alpha value is -3.64. The number of aliphatic hydroxyl groups is 1. The van der Waals surface area contributed by atoms with Gasteiger partial charge in [0, 0.05) is 18.9 Å². The van der Waals surface area contributed by atoms with Crippen LogP contribution in [0.25, 0.3) is 0 Å². The summed E-state index contributed by atoms with van der Waals surface area (Å²) in [7, 11) is 0. The number of carbonyl (C=O) groups is 2. The number of hydrogen-bond acceptors (Lipinski definition) is 10. The third-order valence-corrected chi connectivity index (χ3v) is 8.61. The zero-order valence-electron chi connectivity index (χ0n) is 31.6. The lowest BCUT2D eigenvalue weighted by Gasteiger charge is -2.51. The van der Waals surface area contributed by atoms with Gasteiger partial charge < -0.3 is 34.1 Å². The molecule has 10 heteroatoms. The molecule has 0 unspecified atom stereocenters. The normalized spacial score (nSPS) is 22.1. The van der Waals surface area contributed by atoms with Gasteiger partial charge in [0.15, 0.2) is 0 Å². The van der Waals surface area contributed by atoms with Crippen LogP contribution in [0.1, 0.15) is 71.1 Å². The first-order chi connectivity index (χ1) is 24.8. The highest BCUT2D eigenvalue weighted by atomic mass is 16.6. The minimum absolute atomic E-state index is 0.0978. The van der Waals surface area contributed by atoms with Gasteiger partial charge in [0.1, 0.15) is 11.2 Å². The Morgan fingerprint density at radius 1 is 0.596 bits per heavy atom. The number of rotatable bonds is 18. The summed E-state index contributed by atoms with van der Waals surface area (Å²) in [6.07, 6.45) is -1.22. The Labute approximate surface area is 309 Å². The highest BCUT2D eigenvalue weighted by Gasteiger charge is 2.52. The van der Waals surface area contributed by atoms with Crippen LogP contribution >= 0.6 is 0 Å². The van der Waals surface area contributed by atoms with Crippen molar-refractivity contribution in [1.29, 1.82) is 0 Å². The highest BCUT2D eigenvalue weighted by Crippen LogP contribution is 2.37. The van der Waals surface area contributed by atoms with Crippen LogP contribution in [0.4, 0.5) is 0 Å². The Bertz CT molecular complexity index is 1390. The van der Waals surface area contributed by atoms with Crippen molar-refractivity contribution in [2.45, 2.75) is 116 Å². The minimum atomic E-state index is -0.671. The van der Waals surface area contributed by atoms with Gasteiger partial charge in [0.2, 0.25) is 0 Å². The van der Waals surface area contributed by atoms with E-state index in [2.05, 4.69) is 10.6 Å². The fourth-order valence-corrected chi connectivity index (χ4v) is 6.56. The molecule has 0 radical (unpaired) electrons. The fourth-order valence-electron chi connectivity index (χ4n) is 6.56. The molecule has 0 spiro atoms. The molecular formula is C42H58N2O8. The first kappa shape index (κ1) is 41.1. The third kappa shape index (κ3) is 13.7. The molecule has 3 aromatic rings. The van der Waals surface area contributed by atoms with Crippen molar-refractivity contribution in [3.05, 3.63) is 108 Å². The van der Waals surface area contributed by atoms with Gasteiger partial charge in [-0.15, -0.1) is 0 Å². The number of aliphatic hydroxyl groups excluding tert-OH is 1. The van der Waals surface area contributed by atoms with Gasteiger partial charge in [-0.1, -0.05) is 91.0 Å². The summed E-state index contributed by atoms with van der Waals surface area (Å²) in [6.45, 7) is 12.0. The molecule has 0 heterocycles. The van der Waals surface area contributed by atoms with Crippen molar-refractivity contribution in [3.63, 3.8) is 0 Å². The summed E-state index contributed by atoms with van der Waals surface area (Å²) in [6, 6.07) is 28.6. The van der Waals surface area contributed by atoms with Crippen molar-refractivity contribution in [2.75, 3.05) is 19.7 Å². The van der Waals surface area contributed by atoms with E-state index in [4.69, 9.17) is 23.7 Å². The Morgan fingerprint density at radius 3 is 1.42 bits per heavy atom. The molecule has 0 aliphatic heterocycles. The van der Waals surface area contributed by atoms with Gasteiger partial charge in [-0.25, -0.2) is 0 Å². The largest absolute Gasteiger partial charge is 0.460 e. The molecule has 0 saturated heterocycles. The number of nitrogens with one attached hydrogen (secondary N) is 2. The van der Waals surface area contributed by atoms with Crippen LogP contribution in [0.3, 0.4) is 0 Å². The zero-order valence-corrected chi connectivity index (χ0v) is 31.6. The van der Waals surface area contributed by atoms with E-state index in [1.807, 2.05) is 133 Å². The van der Waals surface area contributed by atoms with E-state index < -0.39 is 47.6 Å². The Balaban J connectivity index is 1.79. The van der Waals surface area contributed by atoms with E-state index in [1.54, 1.807) is 0 Å². The molecule has 3 aromatic carbocycles. The molecule has 4 rings (SSSR count). The van der Waals surface area contributed by atoms with Gasteiger partial charge in [0.05, 0.1) is 63.4 Å². The van der Waals surface area contributed by atoms with E-state index in [0.717, 1.165) is 16.7 Å². The molecule has 10 nitrogen and oxygen atoms in total. The first-order valence-electron chi connectivity index (χ1n) is 18.3. The van der Waals surface area contributed by atoms with Crippen molar-refractivity contribution in [1.82, 2.24) is 10.6 Å². The highest BCUT2D eigenvalue weighted by molar-refractivity contribution is 5.72. The van der Waals surface area contributed by atoms with Gasteiger partial charge >= 0.3 is 11.9 Å². The lowest BCUT2D eigenvalue weighted by Crippen LogP contribution is -2.71. The molecule has 3 N–H and O–H groups in total. The maximum atomic E-state index is 13.2. The van der Waals surface area contributed by atoms with Gasteiger partial charge in [0.25, 0.3) is 0 Å². The maximum absolute atomic E-state index is 13.2. The lowest BCUT2D eigenvalue weighted by atomic mass is 9.73. The van der Waals surface area contributed by atoms with Crippen LogP contribution in [-0.2, 0) is 53.1 Å². The summed E-state index contributed by atoms with van der Waals surface area (Å²) in [5, 5.41) is 17.0. The summed E-state index contributed by atoms with van der Waals surface area (Å²) in [4.78, 5) is 26.4. The summed E-state index contributed by atoms with van der Waals surface area (Å²) >= 11 is 0. The average Bonchev–Trinajstić information content (AvgIpc) is 3.10. The average molecular weight is 719 g/mol. The van der Waals surface area contributed by atoms with E-state index in [1.165, 1.54) is 0 Å².